The van der Waals surface area contributed by atoms with Crippen molar-refractivity contribution in [3.05, 3.63) is 88.2 Å². The van der Waals surface area contributed by atoms with Crippen molar-refractivity contribution in [3.63, 3.8) is 0 Å². The summed E-state index contributed by atoms with van der Waals surface area (Å²) in [5.74, 6) is -0.822. The van der Waals surface area contributed by atoms with Gasteiger partial charge in [0.05, 0.1) is 17.1 Å². The van der Waals surface area contributed by atoms with Crippen LogP contribution in [0.5, 0.6) is 5.75 Å². The molecule has 0 radical (unpaired) electrons. The molecule has 3 aromatic rings. The van der Waals surface area contributed by atoms with Crippen LogP contribution < -0.4 is 9.46 Å². The van der Waals surface area contributed by atoms with E-state index in [1.165, 1.54) is 30.3 Å². The molecule has 0 saturated carbocycles. The molecule has 0 fully saturated rings. The topological polar surface area (TPSA) is 90.9 Å². The van der Waals surface area contributed by atoms with Crippen LogP contribution in [0.3, 0.4) is 0 Å². The van der Waals surface area contributed by atoms with Crippen LogP contribution >= 0.6 is 0 Å². The third kappa shape index (κ3) is 5.15. The standard InChI is InChI=1S/C24H22FNO6S/c1-15-4-3-5-21(8-15)26-33(28,29)22-11-17(7-6-16(22)2)24(27)31-13-19-10-20(25)9-18-12-30-14-32-23(18)19/h3-11,26H,12-14H2,1-2H3. The minimum absolute atomic E-state index is 0.0205. The third-order valence-electron chi connectivity index (χ3n) is 5.09. The number of hydrogen-bond acceptors (Lipinski definition) is 6. The summed E-state index contributed by atoms with van der Waals surface area (Å²) in [6.07, 6.45) is 0. The van der Waals surface area contributed by atoms with Gasteiger partial charge in [0, 0.05) is 16.8 Å². The van der Waals surface area contributed by atoms with Gasteiger partial charge in [0.2, 0.25) is 0 Å². The summed E-state index contributed by atoms with van der Waals surface area (Å²) in [5, 5.41) is 0. The zero-order chi connectivity index (χ0) is 23.6. The minimum atomic E-state index is -3.94. The van der Waals surface area contributed by atoms with Crippen LogP contribution in [0, 0.1) is 19.7 Å². The zero-order valence-electron chi connectivity index (χ0n) is 18.1. The molecule has 0 unspecified atom stereocenters. The van der Waals surface area contributed by atoms with Crippen LogP contribution in [0.25, 0.3) is 0 Å². The molecule has 3 aromatic carbocycles. The second-order valence-electron chi connectivity index (χ2n) is 7.70. The number of rotatable bonds is 6. The molecule has 172 valence electrons. The van der Waals surface area contributed by atoms with Gasteiger partial charge in [-0.15, -0.1) is 0 Å². The molecular formula is C24H22FNO6S. The smallest absolute Gasteiger partial charge is 0.338 e. The highest BCUT2D eigenvalue weighted by Gasteiger charge is 2.22. The highest BCUT2D eigenvalue weighted by molar-refractivity contribution is 7.92. The highest BCUT2D eigenvalue weighted by Crippen LogP contribution is 2.30. The highest BCUT2D eigenvalue weighted by atomic mass is 32.2. The Morgan fingerprint density at radius 2 is 1.94 bits per heavy atom. The first-order valence-corrected chi connectivity index (χ1v) is 11.6. The average Bonchev–Trinajstić information content (AvgIpc) is 2.77. The van der Waals surface area contributed by atoms with Gasteiger partial charge in [0.25, 0.3) is 10.0 Å². The number of ether oxygens (including phenoxy) is 3. The first-order valence-electron chi connectivity index (χ1n) is 10.1. The summed E-state index contributed by atoms with van der Waals surface area (Å²) in [6, 6.07) is 13.8. The first kappa shape index (κ1) is 22.8. The molecule has 0 aliphatic carbocycles. The maximum Gasteiger partial charge on any atom is 0.338 e. The number of fused-ring (bicyclic) bond motifs is 1. The Morgan fingerprint density at radius 1 is 1.12 bits per heavy atom. The second-order valence-corrected chi connectivity index (χ2v) is 9.35. The van der Waals surface area contributed by atoms with Crippen molar-refractivity contribution >= 4 is 21.7 Å². The Bertz CT molecular complexity index is 1320. The number of anilines is 1. The maximum absolute atomic E-state index is 13.9. The van der Waals surface area contributed by atoms with E-state index in [2.05, 4.69) is 4.72 Å². The van der Waals surface area contributed by atoms with Crippen LogP contribution in [0.15, 0.2) is 59.5 Å². The average molecular weight is 472 g/mol. The molecule has 9 heteroatoms. The molecule has 0 amide bonds. The molecule has 0 atom stereocenters. The normalized spacial score (nSPS) is 13.1. The van der Waals surface area contributed by atoms with Gasteiger partial charge in [0.15, 0.2) is 6.79 Å². The maximum atomic E-state index is 13.9. The van der Waals surface area contributed by atoms with E-state index in [-0.39, 0.29) is 30.5 Å². The lowest BCUT2D eigenvalue weighted by molar-refractivity contribution is -0.0182. The van der Waals surface area contributed by atoms with E-state index in [9.17, 15) is 17.6 Å². The number of hydrogen-bond donors (Lipinski definition) is 1. The first-order chi connectivity index (χ1) is 15.7. The predicted molar refractivity (Wildman–Crippen MR) is 119 cm³/mol. The van der Waals surface area contributed by atoms with Crippen molar-refractivity contribution in [1.82, 2.24) is 0 Å². The monoisotopic (exact) mass is 471 g/mol. The van der Waals surface area contributed by atoms with Crippen molar-refractivity contribution < 1.29 is 31.8 Å². The molecule has 0 aromatic heterocycles. The molecule has 33 heavy (non-hydrogen) atoms. The lowest BCUT2D eigenvalue weighted by Crippen LogP contribution is -2.16. The molecule has 0 saturated heterocycles. The summed E-state index contributed by atoms with van der Waals surface area (Å²) in [6.45, 7) is 3.47. The summed E-state index contributed by atoms with van der Waals surface area (Å²) in [4.78, 5) is 12.6. The number of aryl methyl sites for hydroxylation is 2. The number of carbonyl (C=O) groups is 1. The fraction of sp³-hybridized carbons (Fsp3) is 0.208. The van der Waals surface area contributed by atoms with Gasteiger partial charge in [-0.3, -0.25) is 4.72 Å². The van der Waals surface area contributed by atoms with Gasteiger partial charge in [-0.2, -0.15) is 0 Å². The zero-order valence-corrected chi connectivity index (χ0v) is 18.9. The molecule has 0 spiro atoms. The number of halogens is 1. The van der Waals surface area contributed by atoms with Crippen LogP contribution in [-0.2, 0) is 32.7 Å². The van der Waals surface area contributed by atoms with Crippen molar-refractivity contribution in [2.75, 3.05) is 11.5 Å². The van der Waals surface area contributed by atoms with Gasteiger partial charge in [-0.25, -0.2) is 17.6 Å². The lowest BCUT2D eigenvalue weighted by atomic mass is 10.1. The minimum Gasteiger partial charge on any atom is -0.467 e. The molecule has 1 N–H and O–H groups in total. The molecule has 1 heterocycles. The van der Waals surface area contributed by atoms with E-state index in [1.54, 1.807) is 25.1 Å². The van der Waals surface area contributed by atoms with Gasteiger partial charge in [-0.05, 0) is 61.4 Å². The second kappa shape index (κ2) is 9.21. The fourth-order valence-electron chi connectivity index (χ4n) is 3.53. The summed E-state index contributed by atoms with van der Waals surface area (Å²) in [7, 11) is -3.94. The van der Waals surface area contributed by atoms with E-state index >= 15 is 0 Å². The molecule has 1 aliphatic rings. The number of carbonyl (C=O) groups excluding carboxylic acids is 1. The quantitative estimate of drug-likeness (QED) is 0.534. The lowest BCUT2D eigenvalue weighted by Gasteiger charge is -2.20. The van der Waals surface area contributed by atoms with Crippen molar-refractivity contribution in [3.8, 4) is 5.75 Å². The van der Waals surface area contributed by atoms with Crippen molar-refractivity contribution in [1.29, 1.82) is 0 Å². The van der Waals surface area contributed by atoms with Gasteiger partial charge >= 0.3 is 5.97 Å². The SMILES string of the molecule is Cc1cccc(NS(=O)(=O)c2cc(C(=O)OCc3cc(F)cc4c3OCOC4)ccc2C)c1. The predicted octanol–water partition coefficient (Wildman–Crippen LogP) is 4.47. The largest absolute Gasteiger partial charge is 0.467 e. The summed E-state index contributed by atoms with van der Waals surface area (Å²) in [5.41, 5.74) is 2.74. The van der Waals surface area contributed by atoms with Crippen LogP contribution in [0.4, 0.5) is 10.1 Å². The summed E-state index contributed by atoms with van der Waals surface area (Å²) < 4.78 is 58.3. The molecule has 0 bridgehead atoms. The molecule has 7 nitrogen and oxygen atoms in total. The van der Waals surface area contributed by atoms with Crippen LogP contribution in [-0.4, -0.2) is 21.2 Å². The van der Waals surface area contributed by atoms with E-state index in [1.807, 2.05) is 13.0 Å². The van der Waals surface area contributed by atoms with Crippen LogP contribution in [0.2, 0.25) is 0 Å². The van der Waals surface area contributed by atoms with E-state index in [4.69, 9.17) is 14.2 Å². The third-order valence-corrected chi connectivity index (χ3v) is 6.62. The Balaban J connectivity index is 1.54. The number of nitrogens with one attached hydrogen (secondary N) is 1. The van der Waals surface area contributed by atoms with E-state index in [0.717, 1.165) is 5.56 Å². The van der Waals surface area contributed by atoms with Gasteiger partial charge < -0.3 is 14.2 Å². The number of sulfonamides is 1. The number of benzene rings is 3. The summed E-state index contributed by atoms with van der Waals surface area (Å²) >= 11 is 0. The molecular weight excluding hydrogens is 449 g/mol. The molecule has 4 rings (SSSR count). The fourth-order valence-corrected chi connectivity index (χ4v) is 4.85. The van der Waals surface area contributed by atoms with Crippen molar-refractivity contribution in [2.45, 2.75) is 32.0 Å². The Labute approximate surface area is 191 Å². The van der Waals surface area contributed by atoms with E-state index in [0.29, 0.717) is 28.1 Å². The Hall–Kier alpha value is -3.43. The van der Waals surface area contributed by atoms with Gasteiger partial charge in [-0.1, -0.05) is 18.2 Å². The van der Waals surface area contributed by atoms with E-state index < -0.39 is 21.8 Å². The Kier molecular flexibility index (Phi) is 6.35. The Morgan fingerprint density at radius 3 is 2.73 bits per heavy atom. The van der Waals surface area contributed by atoms with Crippen LogP contribution in [0.1, 0.15) is 32.6 Å². The van der Waals surface area contributed by atoms with Gasteiger partial charge in [0.1, 0.15) is 18.2 Å². The molecule has 1 aliphatic heterocycles. The number of esters is 1. The van der Waals surface area contributed by atoms with Crippen molar-refractivity contribution in [2.24, 2.45) is 0 Å².